The summed E-state index contributed by atoms with van der Waals surface area (Å²) in [6, 6.07) is 8.96. The molecule has 2 aromatic carbocycles. The molecule has 0 spiro atoms. The minimum absolute atomic E-state index is 0.148. The number of benzene rings is 2. The van der Waals surface area contributed by atoms with Gasteiger partial charge in [-0.05, 0) is 75.4 Å². The second-order valence-corrected chi connectivity index (χ2v) is 10.9. The van der Waals surface area contributed by atoms with Crippen molar-refractivity contribution in [2.45, 2.75) is 88.5 Å². The summed E-state index contributed by atoms with van der Waals surface area (Å²) in [4.78, 5) is 24.4. The van der Waals surface area contributed by atoms with E-state index in [2.05, 4.69) is 57.3 Å². The molecule has 10 heteroatoms. The van der Waals surface area contributed by atoms with Gasteiger partial charge in [0.05, 0.1) is 24.2 Å². The van der Waals surface area contributed by atoms with Crippen molar-refractivity contribution in [3.63, 3.8) is 0 Å². The van der Waals surface area contributed by atoms with Gasteiger partial charge in [0.1, 0.15) is 5.70 Å². The minimum atomic E-state index is -0.794. The van der Waals surface area contributed by atoms with Crippen LogP contribution in [0, 0.1) is 6.92 Å². The summed E-state index contributed by atoms with van der Waals surface area (Å²) in [6.07, 6.45) is 6.95. The molecule has 45 heavy (non-hydrogen) atoms. The van der Waals surface area contributed by atoms with Gasteiger partial charge in [-0.25, -0.2) is 5.84 Å². The molecule has 0 atom stereocenters. The van der Waals surface area contributed by atoms with Gasteiger partial charge >= 0.3 is 0 Å². The molecule has 0 saturated carbocycles. The van der Waals surface area contributed by atoms with Gasteiger partial charge in [0.2, 0.25) is 0 Å². The van der Waals surface area contributed by atoms with Crippen LogP contribution < -0.4 is 37.1 Å². The minimum Gasteiger partial charge on any atom is -0.492 e. The molecule has 0 aliphatic heterocycles. The van der Waals surface area contributed by atoms with Gasteiger partial charge in [-0.3, -0.25) is 14.6 Å². The van der Waals surface area contributed by atoms with Crippen LogP contribution in [0.3, 0.4) is 0 Å². The van der Waals surface area contributed by atoms with E-state index in [1.54, 1.807) is 31.4 Å². The Morgan fingerprint density at radius 1 is 1.00 bits per heavy atom. The molecule has 9 nitrogen and oxygen atoms in total. The number of carbonyl (C=O) groups excluding carboxylic acids is 2. The zero-order chi connectivity index (χ0) is 35.9. The van der Waals surface area contributed by atoms with Crippen LogP contribution in [0.1, 0.15) is 97.6 Å². The summed E-state index contributed by atoms with van der Waals surface area (Å²) >= 11 is 1.43. The van der Waals surface area contributed by atoms with Gasteiger partial charge in [0.25, 0.3) is 11.8 Å². The van der Waals surface area contributed by atoms with E-state index in [4.69, 9.17) is 22.0 Å². The Labute approximate surface area is 277 Å². The normalized spacial score (nSPS) is 9.89. The number of hydrogen-bond acceptors (Lipinski definition) is 8. The molecule has 0 aliphatic carbocycles. The van der Waals surface area contributed by atoms with E-state index in [0.717, 1.165) is 21.8 Å². The monoisotopic (exact) mass is 644 g/mol. The fourth-order valence-corrected chi connectivity index (χ4v) is 3.44. The number of primary amides is 1. The lowest BCUT2D eigenvalue weighted by atomic mass is 9.86. The molecule has 8 N–H and O–H groups in total. The third-order valence-corrected chi connectivity index (χ3v) is 5.93. The van der Waals surface area contributed by atoms with Crippen LogP contribution in [0.15, 0.2) is 66.5 Å². The Morgan fingerprint density at radius 3 is 1.89 bits per heavy atom. The third-order valence-electron chi connectivity index (χ3n) is 5.51. The largest absolute Gasteiger partial charge is 0.492 e. The van der Waals surface area contributed by atoms with Crippen molar-refractivity contribution in [1.29, 1.82) is 0 Å². The first-order valence-electron chi connectivity index (χ1n) is 15.0. The molecule has 254 valence electrons. The molecule has 0 aromatic heterocycles. The van der Waals surface area contributed by atoms with Crippen molar-refractivity contribution in [2.75, 3.05) is 28.4 Å². The van der Waals surface area contributed by atoms with E-state index in [1.165, 1.54) is 23.7 Å². The quantitative estimate of drug-likeness (QED) is 0.0632. The first kappa shape index (κ1) is 45.5. The summed E-state index contributed by atoms with van der Waals surface area (Å²) in [5, 5.41) is 4.11. The maximum Gasteiger partial charge on any atom is 0.266 e. The van der Waals surface area contributed by atoms with Crippen LogP contribution in [0.5, 0.6) is 5.75 Å². The van der Waals surface area contributed by atoms with E-state index in [9.17, 15) is 9.59 Å². The predicted octanol–water partition coefficient (Wildman–Crippen LogP) is 8.43. The number of allylic oxidation sites excluding steroid dienone is 3. The van der Waals surface area contributed by atoms with Crippen LogP contribution in [-0.2, 0) is 10.2 Å². The van der Waals surface area contributed by atoms with Crippen LogP contribution >= 0.6 is 11.9 Å². The van der Waals surface area contributed by atoms with E-state index < -0.39 is 5.91 Å². The number of nitrogens with zero attached hydrogens (tertiary/aromatic N) is 1. The zero-order valence-electron chi connectivity index (χ0n) is 30.1. The van der Waals surface area contributed by atoms with Crippen LogP contribution in [0.25, 0.3) is 0 Å². The fourth-order valence-electron chi connectivity index (χ4n) is 3.07. The first-order chi connectivity index (χ1) is 21.1. The smallest absolute Gasteiger partial charge is 0.266 e. The topological polar surface area (TPSA) is 149 Å². The average Bonchev–Trinajstić information content (AvgIpc) is 2.99. The number of nitrogens with one attached hydrogen (secondary N) is 2. The Hall–Kier alpha value is -3.89. The number of hydrogen-bond donors (Lipinski definition) is 5. The fraction of sp³-hybridized carbons (Fsp3) is 0.429. The summed E-state index contributed by atoms with van der Waals surface area (Å²) < 4.78 is 8.81. The van der Waals surface area contributed by atoms with Gasteiger partial charge in [0, 0.05) is 18.0 Å². The van der Waals surface area contributed by atoms with Gasteiger partial charge in [-0.2, -0.15) is 0 Å². The molecule has 0 aliphatic rings. The number of anilines is 3. The summed E-state index contributed by atoms with van der Waals surface area (Å²) in [5.41, 5.74) is 15.7. The number of carbonyl (C=O) groups is 2. The second kappa shape index (κ2) is 24.4. The number of hydrazine groups is 1. The van der Waals surface area contributed by atoms with Crippen LogP contribution in [0.4, 0.5) is 17.1 Å². The zero-order valence-corrected chi connectivity index (χ0v) is 31.0. The van der Waals surface area contributed by atoms with Crippen LogP contribution in [-0.4, -0.2) is 25.2 Å². The summed E-state index contributed by atoms with van der Waals surface area (Å²) in [6.45, 7) is 27.6. The number of amides is 2. The van der Waals surface area contributed by atoms with Gasteiger partial charge < -0.3 is 26.2 Å². The molecule has 2 rings (SSSR count). The Bertz CT molecular complexity index is 1250. The number of methoxy groups -OCH3 is 1. The standard InChI is InChI=1S/C23H32N6O3S.C5H10.C3H6.2C2H6/c1-13-7-8-14(9-19(13)29(26)12-16(24)21(25)30)22(31)27-17-10-15(23(2,3)4)11-18(28-33-6)20(17)32-5;1-4-5(2)3;1-3-2;2*1-2/h7-12,28H,24,26H2,1-6H3,(H2,25,30)(H,27,31);4H,1-3H3;3H,1H2,2H3;2*1-2H3/b16-12-;;;;. The average molecular weight is 645 g/mol. The highest BCUT2D eigenvalue weighted by molar-refractivity contribution is 7.99. The molecule has 2 aromatic rings. The highest BCUT2D eigenvalue weighted by Crippen LogP contribution is 2.39. The number of rotatable bonds is 8. The SMILES string of the molecule is C=CC.CC.CC.CC=C(C)C.COc1c(NSC)cc(C(C)(C)C)cc1NC(=O)c1ccc(C)c(N(N)/C=C(\N)C(N)=O)c1. The van der Waals surface area contributed by atoms with Crippen molar-refractivity contribution < 1.29 is 14.3 Å². The molecule has 0 heterocycles. The highest BCUT2D eigenvalue weighted by atomic mass is 32.2. The Kier molecular flexibility index (Phi) is 24.7. The maximum absolute atomic E-state index is 13.2. The molecule has 2 amide bonds. The maximum atomic E-state index is 13.2. The lowest BCUT2D eigenvalue weighted by Gasteiger charge is -2.24. The lowest BCUT2D eigenvalue weighted by molar-refractivity contribution is -0.114. The van der Waals surface area contributed by atoms with Crippen molar-refractivity contribution in [3.8, 4) is 5.75 Å². The molecule has 0 unspecified atom stereocenters. The van der Waals surface area contributed by atoms with Gasteiger partial charge in [-0.1, -0.05) is 84.2 Å². The third kappa shape index (κ3) is 17.3. The molecule has 0 bridgehead atoms. The van der Waals surface area contributed by atoms with E-state index in [1.807, 2.05) is 66.9 Å². The molecule has 0 saturated heterocycles. The number of aryl methyl sites for hydroxylation is 1. The molecular weight excluding hydrogens is 584 g/mol. The van der Waals surface area contributed by atoms with Crippen molar-refractivity contribution in [3.05, 3.63) is 83.2 Å². The number of ether oxygens (including phenoxy) is 1. The van der Waals surface area contributed by atoms with Crippen molar-refractivity contribution in [1.82, 2.24) is 0 Å². The Morgan fingerprint density at radius 2 is 1.49 bits per heavy atom. The van der Waals surface area contributed by atoms with Crippen LogP contribution in [0.2, 0.25) is 0 Å². The van der Waals surface area contributed by atoms with E-state index in [-0.39, 0.29) is 17.0 Å². The first-order valence-corrected chi connectivity index (χ1v) is 16.2. The van der Waals surface area contributed by atoms with Gasteiger partial charge in [-0.15, -0.1) is 6.58 Å². The molecule has 0 radical (unpaired) electrons. The van der Waals surface area contributed by atoms with E-state index in [0.29, 0.717) is 22.7 Å². The Balaban J connectivity index is -0.00000127. The highest BCUT2D eigenvalue weighted by Gasteiger charge is 2.21. The van der Waals surface area contributed by atoms with Gasteiger partial charge in [0.15, 0.2) is 5.75 Å². The summed E-state index contributed by atoms with van der Waals surface area (Å²) in [7, 11) is 1.55. The van der Waals surface area contributed by atoms with Crippen molar-refractivity contribution in [2.24, 2.45) is 17.3 Å². The lowest BCUT2D eigenvalue weighted by Crippen LogP contribution is -2.30. The summed E-state index contributed by atoms with van der Waals surface area (Å²) in [5.74, 6) is 5.41. The molecular formula is C35H60N6O3S. The van der Waals surface area contributed by atoms with Crippen molar-refractivity contribution >= 4 is 40.8 Å². The molecule has 0 fully saturated rings. The van der Waals surface area contributed by atoms with E-state index >= 15 is 0 Å². The number of nitrogens with two attached hydrogens (primary N) is 3. The second-order valence-electron chi connectivity index (χ2n) is 10.2. The predicted molar refractivity (Wildman–Crippen MR) is 200 cm³/mol.